The zero-order valence-corrected chi connectivity index (χ0v) is 14.0. The number of aromatic nitrogens is 1. The van der Waals surface area contributed by atoms with E-state index in [0.29, 0.717) is 6.54 Å². The highest BCUT2D eigenvalue weighted by molar-refractivity contribution is 9.11. The highest BCUT2D eigenvalue weighted by atomic mass is 79.9. The third kappa shape index (κ3) is 3.26. The van der Waals surface area contributed by atoms with Crippen LogP contribution < -0.4 is 0 Å². The molecule has 0 spiro atoms. The van der Waals surface area contributed by atoms with Gasteiger partial charge in [0.15, 0.2) is 5.78 Å². The zero-order valence-electron chi connectivity index (χ0n) is 11.6. The molecule has 5 heteroatoms. The number of hydrogen-bond acceptors (Lipinski definition) is 3. The molecular weight excluding hydrogens is 348 g/mol. The van der Waals surface area contributed by atoms with Crippen molar-refractivity contribution in [2.24, 2.45) is 0 Å². The first-order valence-electron chi connectivity index (χ1n) is 6.65. The Bertz CT molecular complexity index is 777. The van der Waals surface area contributed by atoms with Crippen LogP contribution in [-0.2, 0) is 6.54 Å². The van der Waals surface area contributed by atoms with Crippen LogP contribution in [0.5, 0.6) is 0 Å². The number of thiophene rings is 1. The van der Waals surface area contributed by atoms with E-state index < -0.39 is 0 Å². The molecule has 0 aliphatic carbocycles. The number of carbonyl (C=O) groups excluding carboxylic acids is 1. The van der Waals surface area contributed by atoms with Crippen LogP contribution in [-0.4, -0.2) is 29.3 Å². The van der Waals surface area contributed by atoms with Gasteiger partial charge in [-0.2, -0.15) is 0 Å². The monoisotopic (exact) mass is 362 g/mol. The number of rotatable bonds is 5. The average molecular weight is 363 g/mol. The molecule has 3 nitrogen and oxygen atoms in total. The molecule has 21 heavy (non-hydrogen) atoms. The summed E-state index contributed by atoms with van der Waals surface area (Å²) in [7, 11) is 1.97. The summed E-state index contributed by atoms with van der Waals surface area (Å²) in [6.07, 6.45) is 1.81. The topological polar surface area (TPSA) is 36.1 Å². The predicted molar refractivity (Wildman–Crippen MR) is 91.0 cm³/mol. The van der Waals surface area contributed by atoms with Crippen LogP contribution in [0.2, 0.25) is 0 Å². The first-order valence-corrected chi connectivity index (χ1v) is 8.26. The molecular formula is C16H15BrN2OS. The average Bonchev–Trinajstić information content (AvgIpc) is 3.04. The van der Waals surface area contributed by atoms with Crippen LogP contribution in [0.1, 0.15) is 15.2 Å². The van der Waals surface area contributed by atoms with Gasteiger partial charge in [0.05, 0.1) is 10.3 Å². The number of aromatic amines is 1. The van der Waals surface area contributed by atoms with Gasteiger partial charge in [-0.25, -0.2) is 0 Å². The molecule has 3 rings (SSSR count). The molecule has 0 aliphatic rings. The van der Waals surface area contributed by atoms with Crippen LogP contribution in [0, 0.1) is 0 Å². The number of hydrogen-bond donors (Lipinski definition) is 1. The third-order valence-corrected chi connectivity index (χ3v) is 4.97. The van der Waals surface area contributed by atoms with Gasteiger partial charge in [-0.05, 0) is 41.2 Å². The fourth-order valence-electron chi connectivity index (χ4n) is 2.39. The number of fused-ring (bicyclic) bond motifs is 1. The molecule has 0 fully saturated rings. The van der Waals surface area contributed by atoms with Crippen molar-refractivity contribution in [1.82, 2.24) is 9.88 Å². The van der Waals surface area contributed by atoms with Gasteiger partial charge in [0.2, 0.25) is 0 Å². The summed E-state index contributed by atoms with van der Waals surface area (Å²) in [6, 6.07) is 12.0. The standard InChI is InChI=1S/C16H15BrN2OS/c1-19(9-11-6-7-16(17)21-11)10-15(20)13-8-18-14-5-3-2-4-12(13)14/h2-8,18H,9-10H2,1H3. The van der Waals surface area contributed by atoms with Crippen LogP contribution in [0.15, 0.2) is 46.4 Å². The Labute approximate surface area is 135 Å². The molecule has 3 aromatic rings. The van der Waals surface area contributed by atoms with Crippen molar-refractivity contribution in [2.45, 2.75) is 6.54 Å². The van der Waals surface area contributed by atoms with E-state index in [1.807, 2.05) is 48.5 Å². The molecule has 0 saturated heterocycles. The van der Waals surface area contributed by atoms with E-state index in [1.165, 1.54) is 4.88 Å². The predicted octanol–water partition coefficient (Wildman–Crippen LogP) is 4.31. The smallest absolute Gasteiger partial charge is 0.178 e. The normalized spacial score (nSPS) is 11.4. The highest BCUT2D eigenvalue weighted by Gasteiger charge is 2.14. The summed E-state index contributed by atoms with van der Waals surface area (Å²) in [4.78, 5) is 18.9. The van der Waals surface area contributed by atoms with Crippen molar-refractivity contribution in [2.75, 3.05) is 13.6 Å². The summed E-state index contributed by atoms with van der Waals surface area (Å²) in [5.41, 5.74) is 1.77. The van der Waals surface area contributed by atoms with E-state index in [4.69, 9.17) is 0 Å². The lowest BCUT2D eigenvalue weighted by atomic mass is 10.1. The largest absolute Gasteiger partial charge is 0.360 e. The number of para-hydroxylation sites is 1. The Kier molecular flexibility index (Phi) is 4.24. The molecule has 2 aromatic heterocycles. The maximum Gasteiger partial charge on any atom is 0.178 e. The molecule has 0 bridgehead atoms. The van der Waals surface area contributed by atoms with E-state index in [2.05, 4.69) is 27.0 Å². The van der Waals surface area contributed by atoms with Gasteiger partial charge in [0.25, 0.3) is 0 Å². The third-order valence-electron chi connectivity index (χ3n) is 3.36. The quantitative estimate of drug-likeness (QED) is 0.686. The van der Waals surface area contributed by atoms with Crippen LogP contribution in [0.4, 0.5) is 0 Å². The molecule has 1 aromatic carbocycles. The van der Waals surface area contributed by atoms with Crippen molar-refractivity contribution in [3.63, 3.8) is 0 Å². The van der Waals surface area contributed by atoms with Gasteiger partial charge in [-0.3, -0.25) is 9.69 Å². The number of carbonyl (C=O) groups is 1. The van der Waals surface area contributed by atoms with E-state index in [-0.39, 0.29) is 5.78 Å². The number of likely N-dealkylation sites (N-methyl/N-ethyl adjacent to an activating group) is 1. The Morgan fingerprint density at radius 3 is 2.86 bits per heavy atom. The molecule has 0 radical (unpaired) electrons. The Morgan fingerprint density at radius 1 is 1.29 bits per heavy atom. The van der Waals surface area contributed by atoms with Gasteiger partial charge in [0, 0.05) is 34.1 Å². The second-order valence-corrected chi connectivity index (χ2v) is 7.60. The zero-order chi connectivity index (χ0) is 14.8. The van der Waals surface area contributed by atoms with Crippen LogP contribution in [0.25, 0.3) is 10.9 Å². The lowest BCUT2D eigenvalue weighted by molar-refractivity contribution is 0.0945. The van der Waals surface area contributed by atoms with Gasteiger partial charge in [-0.15, -0.1) is 11.3 Å². The summed E-state index contributed by atoms with van der Waals surface area (Å²) < 4.78 is 1.12. The Hall–Kier alpha value is -1.43. The van der Waals surface area contributed by atoms with Gasteiger partial charge in [0.1, 0.15) is 0 Å². The molecule has 0 amide bonds. The summed E-state index contributed by atoms with van der Waals surface area (Å²) >= 11 is 5.16. The summed E-state index contributed by atoms with van der Waals surface area (Å²) in [6.45, 7) is 1.20. The van der Waals surface area contributed by atoms with Gasteiger partial charge >= 0.3 is 0 Å². The van der Waals surface area contributed by atoms with E-state index in [0.717, 1.165) is 26.8 Å². The molecule has 0 aliphatic heterocycles. The fraction of sp³-hybridized carbons (Fsp3) is 0.188. The number of nitrogens with one attached hydrogen (secondary N) is 1. The SMILES string of the molecule is CN(CC(=O)c1c[nH]c2ccccc12)Cc1ccc(Br)s1. The first-order chi connectivity index (χ1) is 10.1. The summed E-state index contributed by atoms with van der Waals surface area (Å²) in [5, 5.41) is 0.995. The van der Waals surface area contributed by atoms with E-state index in [9.17, 15) is 4.79 Å². The minimum atomic E-state index is 0.144. The number of nitrogens with zero attached hydrogens (tertiary/aromatic N) is 1. The van der Waals surface area contributed by atoms with Crippen molar-refractivity contribution < 1.29 is 4.79 Å². The van der Waals surface area contributed by atoms with E-state index in [1.54, 1.807) is 11.3 Å². The van der Waals surface area contributed by atoms with Crippen molar-refractivity contribution >= 4 is 44.0 Å². The first kappa shape index (κ1) is 14.5. The molecule has 0 saturated carbocycles. The number of H-pyrrole nitrogens is 1. The number of Topliss-reactive ketones (excluding diaryl/α,β-unsaturated/α-hetero) is 1. The molecule has 0 unspecified atom stereocenters. The second kappa shape index (κ2) is 6.13. The minimum Gasteiger partial charge on any atom is -0.360 e. The number of ketones is 1. The van der Waals surface area contributed by atoms with E-state index >= 15 is 0 Å². The fourth-order valence-corrected chi connectivity index (χ4v) is 3.95. The van der Waals surface area contributed by atoms with Crippen molar-refractivity contribution in [3.05, 3.63) is 56.8 Å². The molecule has 1 N–H and O–H groups in total. The lowest BCUT2D eigenvalue weighted by Gasteiger charge is -2.14. The van der Waals surface area contributed by atoms with Crippen LogP contribution >= 0.6 is 27.3 Å². The maximum atomic E-state index is 12.5. The van der Waals surface area contributed by atoms with Crippen LogP contribution in [0.3, 0.4) is 0 Å². The van der Waals surface area contributed by atoms with Crippen molar-refractivity contribution in [1.29, 1.82) is 0 Å². The Morgan fingerprint density at radius 2 is 2.10 bits per heavy atom. The Balaban J connectivity index is 1.71. The van der Waals surface area contributed by atoms with Crippen molar-refractivity contribution in [3.8, 4) is 0 Å². The second-order valence-electron chi connectivity index (χ2n) is 5.05. The lowest BCUT2D eigenvalue weighted by Crippen LogP contribution is -2.25. The van der Waals surface area contributed by atoms with Gasteiger partial charge in [-0.1, -0.05) is 18.2 Å². The number of benzene rings is 1. The minimum absolute atomic E-state index is 0.144. The van der Waals surface area contributed by atoms with Gasteiger partial charge < -0.3 is 4.98 Å². The molecule has 108 valence electrons. The maximum absolute atomic E-state index is 12.5. The number of halogens is 1. The molecule has 2 heterocycles. The summed E-state index contributed by atoms with van der Waals surface area (Å²) in [5.74, 6) is 0.144. The highest BCUT2D eigenvalue weighted by Crippen LogP contribution is 2.23. The molecule has 0 atom stereocenters.